The van der Waals surface area contributed by atoms with Crippen molar-refractivity contribution in [3.8, 4) is 0 Å². The summed E-state index contributed by atoms with van der Waals surface area (Å²) in [5.74, 6) is 0. The largest absolute Gasteiger partial charge is 0.326 e. The lowest BCUT2D eigenvalue weighted by molar-refractivity contribution is 0.588. The van der Waals surface area contributed by atoms with Gasteiger partial charge in [-0.3, -0.25) is 0 Å². The topological polar surface area (TPSA) is 52.0 Å². The molecule has 0 amide bonds. The lowest BCUT2D eigenvalue weighted by Gasteiger charge is -2.14. The standard InChI is InChI=1S/C8H14N2S/c1-5(9)8(10)7-3-4-11-6(7)2/h3-5,8H,9-10H2,1-2H3. The highest BCUT2D eigenvalue weighted by atomic mass is 32.1. The van der Waals surface area contributed by atoms with Crippen molar-refractivity contribution in [2.24, 2.45) is 11.5 Å². The zero-order chi connectivity index (χ0) is 8.43. The van der Waals surface area contributed by atoms with E-state index in [0.29, 0.717) is 0 Å². The van der Waals surface area contributed by atoms with Crippen molar-refractivity contribution in [2.75, 3.05) is 0 Å². The fourth-order valence-corrected chi connectivity index (χ4v) is 1.78. The van der Waals surface area contributed by atoms with Gasteiger partial charge in [0.1, 0.15) is 0 Å². The number of thiophene rings is 1. The Morgan fingerprint density at radius 1 is 1.45 bits per heavy atom. The molecular formula is C8H14N2S. The number of hydrogen-bond donors (Lipinski definition) is 2. The molecular weight excluding hydrogens is 156 g/mol. The van der Waals surface area contributed by atoms with Gasteiger partial charge in [0.05, 0.1) is 0 Å². The number of aryl methyl sites for hydroxylation is 1. The number of nitrogens with two attached hydrogens (primary N) is 2. The highest BCUT2D eigenvalue weighted by Crippen LogP contribution is 2.22. The fourth-order valence-electron chi connectivity index (χ4n) is 1.02. The average molecular weight is 170 g/mol. The van der Waals surface area contributed by atoms with Crippen molar-refractivity contribution >= 4 is 11.3 Å². The number of hydrogen-bond acceptors (Lipinski definition) is 3. The molecule has 1 heterocycles. The van der Waals surface area contributed by atoms with Crippen molar-refractivity contribution in [3.05, 3.63) is 21.9 Å². The summed E-state index contributed by atoms with van der Waals surface area (Å²) in [7, 11) is 0. The van der Waals surface area contributed by atoms with Crippen molar-refractivity contribution < 1.29 is 0 Å². The molecule has 2 nitrogen and oxygen atoms in total. The molecule has 0 aliphatic carbocycles. The van der Waals surface area contributed by atoms with Gasteiger partial charge in [-0.2, -0.15) is 0 Å². The van der Waals surface area contributed by atoms with Crippen LogP contribution >= 0.6 is 11.3 Å². The quantitative estimate of drug-likeness (QED) is 0.705. The third-order valence-corrected chi connectivity index (χ3v) is 2.69. The van der Waals surface area contributed by atoms with Crippen LogP contribution in [0.4, 0.5) is 0 Å². The minimum atomic E-state index is -0.0127. The first-order valence-corrected chi connectivity index (χ1v) is 4.56. The van der Waals surface area contributed by atoms with Crippen LogP contribution in [0.15, 0.2) is 11.4 Å². The molecule has 0 spiro atoms. The summed E-state index contributed by atoms with van der Waals surface area (Å²) in [5, 5.41) is 2.05. The van der Waals surface area contributed by atoms with Gasteiger partial charge < -0.3 is 11.5 Å². The molecule has 0 aliphatic heterocycles. The van der Waals surface area contributed by atoms with Crippen molar-refractivity contribution in [2.45, 2.75) is 25.9 Å². The molecule has 0 fully saturated rings. The predicted octanol–water partition coefficient (Wildman–Crippen LogP) is 1.40. The summed E-state index contributed by atoms with van der Waals surface area (Å²) in [6.07, 6.45) is 0. The monoisotopic (exact) mass is 170 g/mol. The first kappa shape index (κ1) is 8.71. The van der Waals surface area contributed by atoms with Gasteiger partial charge in [-0.1, -0.05) is 0 Å². The maximum Gasteiger partial charge on any atom is 0.0456 e. The van der Waals surface area contributed by atoms with E-state index in [2.05, 4.69) is 6.92 Å². The van der Waals surface area contributed by atoms with Gasteiger partial charge in [0, 0.05) is 17.0 Å². The summed E-state index contributed by atoms with van der Waals surface area (Å²) in [5.41, 5.74) is 12.7. The molecule has 1 aromatic heterocycles. The summed E-state index contributed by atoms with van der Waals surface area (Å²) >= 11 is 1.71. The third kappa shape index (κ3) is 1.80. The lowest BCUT2D eigenvalue weighted by Crippen LogP contribution is -2.31. The SMILES string of the molecule is Cc1sccc1C(N)C(C)N. The summed E-state index contributed by atoms with van der Waals surface area (Å²) in [6.45, 7) is 4.00. The van der Waals surface area contributed by atoms with Crippen LogP contribution in [-0.4, -0.2) is 6.04 Å². The lowest BCUT2D eigenvalue weighted by atomic mass is 10.0. The predicted molar refractivity (Wildman–Crippen MR) is 49.6 cm³/mol. The maximum atomic E-state index is 5.86. The van der Waals surface area contributed by atoms with E-state index in [-0.39, 0.29) is 12.1 Å². The normalized spacial score (nSPS) is 16.4. The molecule has 0 bridgehead atoms. The molecule has 2 atom stereocenters. The van der Waals surface area contributed by atoms with E-state index in [4.69, 9.17) is 11.5 Å². The van der Waals surface area contributed by atoms with E-state index >= 15 is 0 Å². The molecule has 4 N–H and O–H groups in total. The van der Waals surface area contributed by atoms with Crippen molar-refractivity contribution in [1.29, 1.82) is 0 Å². The van der Waals surface area contributed by atoms with E-state index in [9.17, 15) is 0 Å². The summed E-state index contributed by atoms with van der Waals surface area (Å²) in [6, 6.07) is 2.07. The van der Waals surface area contributed by atoms with E-state index in [1.165, 1.54) is 10.4 Å². The molecule has 62 valence electrons. The van der Waals surface area contributed by atoms with E-state index < -0.39 is 0 Å². The van der Waals surface area contributed by atoms with Gasteiger partial charge in [-0.15, -0.1) is 11.3 Å². The molecule has 2 unspecified atom stereocenters. The molecule has 0 radical (unpaired) electrons. The Hall–Kier alpha value is -0.380. The van der Waals surface area contributed by atoms with E-state index in [0.717, 1.165) is 0 Å². The van der Waals surface area contributed by atoms with Gasteiger partial charge in [0.15, 0.2) is 0 Å². The molecule has 0 aliphatic rings. The Morgan fingerprint density at radius 2 is 2.09 bits per heavy atom. The minimum absolute atomic E-state index is 0.0127. The van der Waals surface area contributed by atoms with Gasteiger partial charge in [0.2, 0.25) is 0 Å². The van der Waals surface area contributed by atoms with Crippen LogP contribution in [0.3, 0.4) is 0 Å². The first-order chi connectivity index (χ1) is 5.13. The highest BCUT2D eigenvalue weighted by molar-refractivity contribution is 7.10. The molecule has 1 rings (SSSR count). The van der Waals surface area contributed by atoms with E-state index in [1.807, 2.05) is 18.4 Å². The molecule has 0 saturated heterocycles. The Bertz CT molecular complexity index is 230. The van der Waals surface area contributed by atoms with Crippen molar-refractivity contribution in [1.82, 2.24) is 0 Å². The Morgan fingerprint density at radius 3 is 2.45 bits per heavy atom. The van der Waals surface area contributed by atoms with Crippen molar-refractivity contribution in [3.63, 3.8) is 0 Å². The van der Waals surface area contributed by atoms with Crippen LogP contribution in [0.5, 0.6) is 0 Å². The van der Waals surface area contributed by atoms with Crippen LogP contribution in [0.2, 0.25) is 0 Å². The second kappa shape index (κ2) is 3.34. The highest BCUT2D eigenvalue weighted by Gasteiger charge is 2.13. The molecule has 1 aromatic rings. The van der Waals surface area contributed by atoms with Gasteiger partial charge in [-0.25, -0.2) is 0 Å². The molecule has 11 heavy (non-hydrogen) atoms. The van der Waals surface area contributed by atoms with Crippen LogP contribution in [0.1, 0.15) is 23.4 Å². The Balaban J connectivity index is 2.84. The van der Waals surface area contributed by atoms with Gasteiger partial charge >= 0.3 is 0 Å². The Labute approximate surface area is 71.2 Å². The first-order valence-electron chi connectivity index (χ1n) is 3.68. The maximum absolute atomic E-state index is 5.86. The second-order valence-electron chi connectivity index (χ2n) is 2.82. The molecule has 3 heteroatoms. The van der Waals surface area contributed by atoms with E-state index in [1.54, 1.807) is 11.3 Å². The average Bonchev–Trinajstić information content (AvgIpc) is 2.33. The fraction of sp³-hybridized carbons (Fsp3) is 0.500. The summed E-state index contributed by atoms with van der Waals surface area (Å²) in [4.78, 5) is 1.27. The summed E-state index contributed by atoms with van der Waals surface area (Å²) < 4.78 is 0. The second-order valence-corrected chi connectivity index (χ2v) is 3.94. The third-order valence-electron chi connectivity index (χ3n) is 1.82. The van der Waals surface area contributed by atoms with Crippen LogP contribution in [0.25, 0.3) is 0 Å². The Kier molecular flexibility index (Phi) is 2.65. The van der Waals surface area contributed by atoms with Crippen LogP contribution in [0, 0.1) is 6.92 Å². The van der Waals surface area contributed by atoms with Gasteiger partial charge in [-0.05, 0) is 30.9 Å². The smallest absolute Gasteiger partial charge is 0.0456 e. The van der Waals surface area contributed by atoms with Crippen LogP contribution < -0.4 is 11.5 Å². The zero-order valence-corrected chi connectivity index (χ0v) is 7.69. The van der Waals surface area contributed by atoms with Gasteiger partial charge in [0.25, 0.3) is 0 Å². The number of rotatable bonds is 2. The molecule has 0 saturated carbocycles. The van der Waals surface area contributed by atoms with Crippen LogP contribution in [-0.2, 0) is 0 Å². The zero-order valence-electron chi connectivity index (χ0n) is 6.87. The molecule has 0 aromatic carbocycles. The minimum Gasteiger partial charge on any atom is -0.326 e.